The number of ether oxygens (including phenoxy) is 1. The largest absolute Gasteiger partial charge is 0.489 e. The SMILES string of the molecule is CCN=C1SC(=Cc2ccc(OCc3cccc(F)c3)cc2)C(=O)N1CC. The Labute approximate surface area is 162 Å². The van der Waals surface area contributed by atoms with Crippen LogP contribution in [-0.2, 0) is 11.4 Å². The van der Waals surface area contributed by atoms with Crippen LogP contribution in [0, 0.1) is 5.82 Å². The van der Waals surface area contributed by atoms with E-state index in [1.807, 2.05) is 50.3 Å². The minimum atomic E-state index is -0.274. The molecule has 2 aromatic rings. The maximum absolute atomic E-state index is 13.2. The number of halogens is 1. The van der Waals surface area contributed by atoms with Crippen molar-refractivity contribution in [2.75, 3.05) is 13.1 Å². The fraction of sp³-hybridized carbons (Fsp3) is 0.238. The zero-order valence-corrected chi connectivity index (χ0v) is 16.1. The summed E-state index contributed by atoms with van der Waals surface area (Å²) in [5.74, 6) is 0.403. The van der Waals surface area contributed by atoms with Gasteiger partial charge in [-0.2, -0.15) is 0 Å². The predicted octanol–water partition coefficient (Wildman–Crippen LogP) is 4.72. The molecule has 0 aromatic heterocycles. The molecule has 6 heteroatoms. The molecule has 0 bridgehead atoms. The first-order chi connectivity index (χ1) is 13.1. The summed E-state index contributed by atoms with van der Waals surface area (Å²) < 4.78 is 18.9. The van der Waals surface area contributed by atoms with Crippen LogP contribution in [0.25, 0.3) is 6.08 Å². The number of carbonyl (C=O) groups excluding carboxylic acids is 1. The number of amidine groups is 1. The lowest BCUT2D eigenvalue weighted by atomic mass is 10.2. The van der Waals surface area contributed by atoms with Crippen LogP contribution in [0.15, 0.2) is 58.4 Å². The highest BCUT2D eigenvalue weighted by molar-refractivity contribution is 8.18. The summed E-state index contributed by atoms with van der Waals surface area (Å²) in [6.07, 6.45) is 1.87. The van der Waals surface area contributed by atoms with E-state index in [1.165, 1.54) is 23.9 Å². The Morgan fingerprint density at radius 2 is 1.96 bits per heavy atom. The first-order valence-corrected chi connectivity index (χ1v) is 9.65. The van der Waals surface area contributed by atoms with E-state index in [9.17, 15) is 9.18 Å². The molecular weight excluding hydrogens is 363 g/mol. The Bertz CT molecular complexity index is 878. The van der Waals surface area contributed by atoms with Gasteiger partial charge in [-0.1, -0.05) is 24.3 Å². The topological polar surface area (TPSA) is 41.9 Å². The fourth-order valence-corrected chi connectivity index (χ4v) is 3.75. The third-order valence-corrected chi connectivity index (χ3v) is 5.01. The van der Waals surface area contributed by atoms with E-state index in [2.05, 4.69) is 4.99 Å². The Hall–Kier alpha value is -2.60. The highest BCUT2D eigenvalue weighted by Crippen LogP contribution is 2.32. The van der Waals surface area contributed by atoms with Gasteiger partial charge in [0.2, 0.25) is 0 Å². The predicted molar refractivity (Wildman–Crippen MR) is 108 cm³/mol. The summed E-state index contributed by atoms with van der Waals surface area (Å²) in [5, 5.41) is 0.756. The summed E-state index contributed by atoms with van der Waals surface area (Å²) in [7, 11) is 0. The molecular formula is C21H21FN2O2S. The van der Waals surface area contributed by atoms with Crippen LogP contribution < -0.4 is 4.74 Å². The summed E-state index contributed by atoms with van der Waals surface area (Å²) in [6.45, 7) is 5.45. The van der Waals surface area contributed by atoms with Crippen molar-refractivity contribution in [3.8, 4) is 5.75 Å². The smallest absolute Gasteiger partial charge is 0.266 e. The van der Waals surface area contributed by atoms with Crippen LogP contribution in [0.2, 0.25) is 0 Å². The Morgan fingerprint density at radius 3 is 2.63 bits per heavy atom. The maximum Gasteiger partial charge on any atom is 0.266 e. The molecule has 0 unspecified atom stereocenters. The third kappa shape index (κ3) is 4.77. The number of likely N-dealkylation sites (N-methyl/N-ethyl adjacent to an activating group) is 1. The van der Waals surface area contributed by atoms with E-state index in [1.54, 1.807) is 11.0 Å². The number of aliphatic imine (C=N–C) groups is 1. The number of carbonyl (C=O) groups is 1. The number of hydrogen-bond donors (Lipinski definition) is 0. The number of amides is 1. The molecule has 0 spiro atoms. The van der Waals surface area contributed by atoms with Crippen LogP contribution in [0.5, 0.6) is 5.75 Å². The molecule has 1 aliphatic rings. The highest BCUT2D eigenvalue weighted by atomic mass is 32.2. The average molecular weight is 384 g/mol. The van der Waals surface area contributed by atoms with E-state index < -0.39 is 0 Å². The van der Waals surface area contributed by atoms with Gasteiger partial charge in [-0.3, -0.25) is 14.7 Å². The number of thioether (sulfide) groups is 1. The molecule has 3 rings (SSSR count). The molecule has 0 atom stereocenters. The van der Waals surface area contributed by atoms with E-state index in [-0.39, 0.29) is 11.7 Å². The van der Waals surface area contributed by atoms with Gasteiger partial charge in [0.25, 0.3) is 5.91 Å². The molecule has 0 aliphatic carbocycles. The van der Waals surface area contributed by atoms with Crippen LogP contribution >= 0.6 is 11.8 Å². The van der Waals surface area contributed by atoms with Crippen molar-refractivity contribution in [3.05, 3.63) is 70.4 Å². The zero-order valence-electron chi connectivity index (χ0n) is 15.3. The van der Waals surface area contributed by atoms with Crippen molar-refractivity contribution in [1.29, 1.82) is 0 Å². The van der Waals surface area contributed by atoms with Crippen LogP contribution in [0.1, 0.15) is 25.0 Å². The second kappa shape index (κ2) is 8.86. The monoisotopic (exact) mass is 384 g/mol. The van der Waals surface area contributed by atoms with Gasteiger partial charge in [0, 0.05) is 13.1 Å². The fourth-order valence-electron chi connectivity index (χ4n) is 2.65. The van der Waals surface area contributed by atoms with Crippen molar-refractivity contribution in [2.24, 2.45) is 4.99 Å². The average Bonchev–Trinajstić information content (AvgIpc) is 2.96. The Balaban J connectivity index is 1.67. The molecule has 1 fully saturated rings. The van der Waals surface area contributed by atoms with Crippen LogP contribution in [0.4, 0.5) is 4.39 Å². The van der Waals surface area contributed by atoms with E-state index in [4.69, 9.17) is 4.74 Å². The highest BCUT2D eigenvalue weighted by Gasteiger charge is 2.31. The summed E-state index contributed by atoms with van der Waals surface area (Å²) >= 11 is 1.40. The Morgan fingerprint density at radius 1 is 1.19 bits per heavy atom. The van der Waals surface area contributed by atoms with Crippen molar-refractivity contribution in [3.63, 3.8) is 0 Å². The second-order valence-corrected chi connectivity index (χ2v) is 6.91. The third-order valence-electron chi connectivity index (χ3n) is 3.97. The van der Waals surface area contributed by atoms with E-state index in [0.29, 0.717) is 30.4 Å². The molecule has 1 heterocycles. The van der Waals surface area contributed by atoms with Crippen LogP contribution in [0.3, 0.4) is 0 Å². The number of hydrogen-bond acceptors (Lipinski definition) is 4. The van der Waals surface area contributed by atoms with Gasteiger partial charge < -0.3 is 4.74 Å². The minimum absolute atomic E-state index is 0.0128. The molecule has 27 heavy (non-hydrogen) atoms. The molecule has 0 saturated carbocycles. The number of rotatable bonds is 6. The normalized spacial score (nSPS) is 17.1. The molecule has 1 amide bonds. The van der Waals surface area contributed by atoms with Gasteiger partial charge in [0.15, 0.2) is 5.17 Å². The molecule has 0 radical (unpaired) electrons. The van der Waals surface area contributed by atoms with Gasteiger partial charge in [0.1, 0.15) is 18.2 Å². The summed E-state index contributed by atoms with van der Waals surface area (Å²) in [5.41, 5.74) is 1.69. The molecule has 140 valence electrons. The number of benzene rings is 2. The molecule has 1 saturated heterocycles. The van der Waals surface area contributed by atoms with Gasteiger partial charge in [-0.05, 0) is 67.1 Å². The van der Waals surface area contributed by atoms with Crippen molar-refractivity contribution >= 4 is 28.9 Å². The summed E-state index contributed by atoms with van der Waals surface area (Å²) in [6, 6.07) is 13.8. The summed E-state index contributed by atoms with van der Waals surface area (Å²) in [4.78, 5) is 19.2. The zero-order chi connectivity index (χ0) is 19.2. The first-order valence-electron chi connectivity index (χ1n) is 8.84. The van der Waals surface area contributed by atoms with Crippen molar-refractivity contribution in [2.45, 2.75) is 20.5 Å². The first kappa shape index (κ1) is 19.2. The van der Waals surface area contributed by atoms with Gasteiger partial charge in [0.05, 0.1) is 4.91 Å². The van der Waals surface area contributed by atoms with E-state index >= 15 is 0 Å². The minimum Gasteiger partial charge on any atom is -0.489 e. The van der Waals surface area contributed by atoms with Gasteiger partial charge in [-0.15, -0.1) is 0 Å². The number of nitrogens with zero attached hydrogens (tertiary/aromatic N) is 2. The second-order valence-electron chi connectivity index (χ2n) is 5.90. The quantitative estimate of drug-likeness (QED) is 0.677. The maximum atomic E-state index is 13.2. The lowest BCUT2D eigenvalue weighted by Gasteiger charge is -2.11. The van der Waals surface area contributed by atoms with E-state index in [0.717, 1.165) is 16.3 Å². The van der Waals surface area contributed by atoms with Gasteiger partial charge in [-0.25, -0.2) is 4.39 Å². The van der Waals surface area contributed by atoms with Crippen molar-refractivity contribution in [1.82, 2.24) is 4.90 Å². The molecule has 4 nitrogen and oxygen atoms in total. The van der Waals surface area contributed by atoms with Crippen LogP contribution in [-0.4, -0.2) is 29.1 Å². The van der Waals surface area contributed by atoms with Crippen molar-refractivity contribution < 1.29 is 13.9 Å². The van der Waals surface area contributed by atoms with Gasteiger partial charge >= 0.3 is 0 Å². The molecule has 1 aliphatic heterocycles. The molecule has 2 aromatic carbocycles. The lowest BCUT2D eigenvalue weighted by molar-refractivity contribution is -0.122. The molecule has 0 N–H and O–H groups in total. The lowest BCUT2D eigenvalue weighted by Crippen LogP contribution is -2.28. The standard InChI is InChI=1S/C21H21FN2O2S/c1-3-23-21-24(4-2)20(25)19(27-21)13-15-8-10-18(11-9-15)26-14-16-6-5-7-17(22)12-16/h5-13H,3-4,14H2,1-2H3. The Kier molecular flexibility index (Phi) is 6.29.